The van der Waals surface area contributed by atoms with Crippen molar-refractivity contribution >= 4 is 11.6 Å². The van der Waals surface area contributed by atoms with Crippen LogP contribution in [0.15, 0.2) is 30.6 Å². The van der Waals surface area contributed by atoms with Crippen LogP contribution in [0.1, 0.15) is 0 Å². The van der Waals surface area contributed by atoms with Gasteiger partial charge in [0.25, 0.3) is 0 Å². The Morgan fingerprint density at radius 2 is 2.15 bits per heavy atom. The average molecular weight is 194 g/mol. The molecule has 66 valence electrons. The lowest BCUT2D eigenvalue weighted by Crippen LogP contribution is -1.93. The largest absolute Gasteiger partial charge is 0.317 e. The summed E-state index contributed by atoms with van der Waals surface area (Å²) in [5.41, 5.74) is 0.830. The highest BCUT2D eigenvalue weighted by atomic mass is 35.5. The van der Waals surface area contributed by atoms with Gasteiger partial charge in [0.1, 0.15) is 10.8 Å². The Labute approximate surface area is 81.0 Å². The number of nitrogens with zero attached hydrogens (tertiary/aromatic N) is 3. The molecule has 0 saturated heterocycles. The van der Waals surface area contributed by atoms with E-state index in [1.54, 1.807) is 17.0 Å². The summed E-state index contributed by atoms with van der Waals surface area (Å²) in [6.45, 7) is 0. The van der Waals surface area contributed by atoms with Gasteiger partial charge < -0.3 is 4.57 Å². The molecule has 2 rings (SSSR count). The quantitative estimate of drug-likeness (QED) is 0.695. The molecular formula is C9H8ClN3. The molecular weight excluding hydrogens is 186 g/mol. The molecule has 2 aromatic heterocycles. The zero-order valence-corrected chi connectivity index (χ0v) is 7.86. The standard InChI is InChI=1S/C9H8ClN3/c1-13-8(10)6-12-9(13)7-4-2-3-5-11-7/h2-6H,1H3. The summed E-state index contributed by atoms with van der Waals surface area (Å²) in [5, 5.41) is 0.612. The zero-order chi connectivity index (χ0) is 9.26. The van der Waals surface area contributed by atoms with E-state index < -0.39 is 0 Å². The van der Waals surface area contributed by atoms with E-state index in [1.165, 1.54) is 0 Å². The Morgan fingerprint density at radius 3 is 2.69 bits per heavy atom. The molecule has 0 fully saturated rings. The van der Waals surface area contributed by atoms with Gasteiger partial charge in [0.05, 0.1) is 6.20 Å². The maximum Gasteiger partial charge on any atom is 0.159 e. The molecule has 2 heterocycles. The number of hydrogen-bond acceptors (Lipinski definition) is 2. The molecule has 3 nitrogen and oxygen atoms in total. The second kappa shape index (κ2) is 3.18. The number of hydrogen-bond donors (Lipinski definition) is 0. The van der Waals surface area contributed by atoms with Crippen molar-refractivity contribution in [2.45, 2.75) is 0 Å². The van der Waals surface area contributed by atoms with Crippen LogP contribution in [0.5, 0.6) is 0 Å². The fraction of sp³-hybridized carbons (Fsp3) is 0.111. The minimum absolute atomic E-state index is 0.612. The van der Waals surface area contributed by atoms with Gasteiger partial charge in [-0.3, -0.25) is 4.98 Å². The van der Waals surface area contributed by atoms with Gasteiger partial charge in [0.15, 0.2) is 5.82 Å². The molecule has 0 aliphatic carbocycles. The summed E-state index contributed by atoms with van der Waals surface area (Å²) in [7, 11) is 1.86. The molecule has 0 aliphatic rings. The van der Waals surface area contributed by atoms with E-state index >= 15 is 0 Å². The molecule has 0 aromatic carbocycles. The molecule has 0 saturated carbocycles. The molecule has 0 radical (unpaired) electrons. The van der Waals surface area contributed by atoms with Crippen LogP contribution in [0, 0.1) is 0 Å². The minimum Gasteiger partial charge on any atom is -0.317 e. The van der Waals surface area contributed by atoms with Crippen molar-refractivity contribution in [3.05, 3.63) is 35.7 Å². The monoisotopic (exact) mass is 193 g/mol. The van der Waals surface area contributed by atoms with Gasteiger partial charge in [-0.05, 0) is 12.1 Å². The van der Waals surface area contributed by atoms with Crippen molar-refractivity contribution < 1.29 is 0 Å². The molecule has 0 amide bonds. The van der Waals surface area contributed by atoms with Gasteiger partial charge >= 0.3 is 0 Å². The number of imidazole rings is 1. The van der Waals surface area contributed by atoms with Crippen molar-refractivity contribution in [2.75, 3.05) is 0 Å². The third kappa shape index (κ3) is 1.42. The van der Waals surface area contributed by atoms with Gasteiger partial charge in [-0.2, -0.15) is 0 Å². The first kappa shape index (κ1) is 8.26. The SMILES string of the molecule is Cn1c(Cl)cnc1-c1ccccn1. The van der Waals surface area contributed by atoms with Gasteiger partial charge in [0.2, 0.25) is 0 Å². The Bertz CT molecular complexity index is 408. The van der Waals surface area contributed by atoms with Crippen molar-refractivity contribution in [1.82, 2.24) is 14.5 Å². The number of rotatable bonds is 1. The average Bonchev–Trinajstić information content (AvgIpc) is 2.49. The van der Waals surface area contributed by atoms with Crippen LogP contribution >= 0.6 is 11.6 Å². The van der Waals surface area contributed by atoms with Crippen LogP contribution in [0.2, 0.25) is 5.15 Å². The van der Waals surface area contributed by atoms with Gasteiger partial charge in [-0.25, -0.2) is 4.98 Å². The van der Waals surface area contributed by atoms with E-state index in [2.05, 4.69) is 9.97 Å². The van der Waals surface area contributed by atoms with Crippen LogP contribution in [0.4, 0.5) is 0 Å². The van der Waals surface area contributed by atoms with Crippen LogP contribution in [-0.4, -0.2) is 14.5 Å². The van der Waals surface area contributed by atoms with Gasteiger partial charge in [-0.1, -0.05) is 17.7 Å². The van der Waals surface area contributed by atoms with Crippen molar-refractivity contribution in [3.8, 4) is 11.5 Å². The second-order valence-corrected chi connectivity index (χ2v) is 3.07. The van der Waals surface area contributed by atoms with Crippen LogP contribution < -0.4 is 0 Å². The predicted octanol–water partition coefficient (Wildman–Crippen LogP) is 2.14. The van der Waals surface area contributed by atoms with E-state index in [0.717, 1.165) is 11.5 Å². The first-order chi connectivity index (χ1) is 6.29. The van der Waals surface area contributed by atoms with E-state index in [1.807, 2.05) is 25.2 Å². The van der Waals surface area contributed by atoms with Gasteiger partial charge in [-0.15, -0.1) is 0 Å². The Hall–Kier alpha value is -1.35. The first-order valence-corrected chi connectivity index (χ1v) is 4.25. The van der Waals surface area contributed by atoms with E-state index in [9.17, 15) is 0 Å². The Kier molecular flexibility index (Phi) is 2.02. The molecule has 13 heavy (non-hydrogen) atoms. The molecule has 0 bridgehead atoms. The lowest BCUT2D eigenvalue weighted by atomic mass is 10.3. The van der Waals surface area contributed by atoms with Crippen molar-refractivity contribution in [1.29, 1.82) is 0 Å². The summed E-state index contributed by atoms with van der Waals surface area (Å²) in [5.74, 6) is 0.783. The number of pyridine rings is 1. The maximum atomic E-state index is 5.85. The number of halogens is 1. The summed E-state index contributed by atoms with van der Waals surface area (Å²) in [4.78, 5) is 8.34. The van der Waals surface area contributed by atoms with Crippen LogP contribution in [0.25, 0.3) is 11.5 Å². The molecule has 0 unspecified atom stereocenters. The summed E-state index contributed by atoms with van der Waals surface area (Å²) in [6.07, 6.45) is 3.35. The molecule has 2 aromatic rings. The van der Waals surface area contributed by atoms with Gasteiger partial charge in [0, 0.05) is 13.2 Å². The highest BCUT2D eigenvalue weighted by molar-refractivity contribution is 6.29. The topological polar surface area (TPSA) is 30.7 Å². The number of aromatic nitrogens is 3. The summed E-state index contributed by atoms with van der Waals surface area (Å²) < 4.78 is 1.80. The zero-order valence-electron chi connectivity index (χ0n) is 7.11. The smallest absolute Gasteiger partial charge is 0.159 e. The van der Waals surface area contributed by atoms with Crippen molar-refractivity contribution in [3.63, 3.8) is 0 Å². The molecule has 0 atom stereocenters. The lowest BCUT2D eigenvalue weighted by Gasteiger charge is -2.00. The highest BCUT2D eigenvalue weighted by Gasteiger charge is 2.06. The third-order valence-electron chi connectivity index (χ3n) is 1.83. The first-order valence-electron chi connectivity index (χ1n) is 3.87. The Balaban J connectivity index is 2.53. The fourth-order valence-corrected chi connectivity index (χ4v) is 1.25. The van der Waals surface area contributed by atoms with E-state index in [0.29, 0.717) is 5.15 Å². The summed E-state index contributed by atoms with van der Waals surface area (Å²) >= 11 is 5.85. The molecule has 0 spiro atoms. The highest BCUT2D eigenvalue weighted by Crippen LogP contribution is 2.18. The molecule has 0 aliphatic heterocycles. The summed E-state index contributed by atoms with van der Waals surface area (Å²) in [6, 6.07) is 5.69. The Morgan fingerprint density at radius 1 is 1.31 bits per heavy atom. The van der Waals surface area contributed by atoms with Crippen LogP contribution in [0.3, 0.4) is 0 Å². The lowest BCUT2D eigenvalue weighted by molar-refractivity contribution is 0.918. The molecule has 4 heteroatoms. The predicted molar refractivity (Wildman–Crippen MR) is 51.4 cm³/mol. The normalized spacial score (nSPS) is 10.3. The fourth-order valence-electron chi connectivity index (χ4n) is 1.12. The minimum atomic E-state index is 0.612. The van der Waals surface area contributed by atoms with Crippen molar-refractivity contribution in [2.24, 2.45) is 7.05 Å². The maximum absolute atomic E-state index is 5.85. The van der Waals surface area contributed by atoms with E-state index in [-0.39, 0.29) is 0 Å². The van der Waals surface area contributed by atoms with Crippen LogP contribution in [-0.2, 0) is 7.05 Å². The second-order valence-electron chi connectivity index (χ2n) is 2.68. The molecule has 0 N–H and O–H groups in total. The third-order valence-corrected chi connectivity index (χ3v) is 2.18. The van der Waals surface area contributed by atoms with E-state index in [4.69, 9.17) is 11.6 Å².